The van der Waals surface area contributed by atoms with Gasteiger partial charge in [0.05, 0.1) is 17.5 Å². The van der Waals surface area contributed by atoms with Gasteiger partial charge in [-0.05, 0) is 31.7 Å². The van der Waals surface area contributed by atoms with Gasteiger partial charge in [0.15, 0.2) is 11.7 Å². The number of likely N-dealkylation sites (N-methyl/N-ethyl adjacent to an activating group) is 1. The van der Waals surface area contributed by atoms with E-state index >= 15 is 0 Å². The number of piperidine rings is 1. The molecule has 1 amide bonds. The molecular formula is C19H24N6O2. The van der Waals surface area contributed by atoms with Crippen molar-refractivity contribution in [1.29, 1.82) is 5.26 Å². The van der Waals surface area contributed by atoms with Gasteiger partial charge in [0.2, 0.25) is 5.91 Å². The molecule has 1 N–H and O–H groups in total. The Bertz CT molecular complexity index is 915. The van der Waals surface area contributed by atoms with E-state index in [0.29, 0.717) is 19.0 Å². The lowest BCUT2D eigenvalue weighted by molar-refractivity contribution is -0.139. The van der Waals surface area contributed by atoms with E-state index in [0.717, 1.165) is 28.8 Å². The fourth-order valence-corrected chi connectivity index (χ4v) is 3.78. The topological polar surface area (TPSA) is 106 Å². The number of anilines is 1. The number of H-pyrrole nitrogens is 1. The normalized spacial score (nSPS) is 20.9. The molecule has 8 heteroatoms. The third-order valence-corrected chi connectivity index (χ3v) is 5.49. The minimum atomic E-state index is -1.22. The molecule has 3 heterocycles. The first-order chi connectivity index (χ1) is 12.8. The second kappa shape index (κ2) is 7.35. The van der Waals surface area contributed by atoms with E-state index in [-0.39, 0.29) is 6.04 Å². The van der Waals surface area contributed by atoms with Crippen LogP contribution in [0, 0.1) is 30.1 Å². The van der Waals surface area contributed by atoms with Gasteiger partial charge in [0.25, 0.3) is 0 Å². The number of likely N-dealkylation sites (tertiary alicyclic amines) is 1. The fraction of sp³-hybridized carbons (Fsp3) is 0.526. The smallest absolute Gasteiger partial charge is 0.247 e. The third kappa shape index (κ3) is 3.37. The molecule has 1 fully saturated rings. The van der Waals surface area contributed by atoms with Crippen molar-refractivity contribution in [3.63, 3.8) is 0 Å². The largest absolute Gasteiger partial charge is 0.354 e. The predicted octanol–water partition coefficient (Wildman–Crippen LogP) is 1.67. The summed E-state index contributed by atoms with van der Waals surface area (Å²) in [5.41, 5.74) is 1.84. The highest BCUT2D eigenvalue weighted by Gasteiger charge is 2.36. The van der Waals surface area contributed by atoms with Gasteiger partial charge < -0.3 is 14.8 Å². The number of aromatic amines is 1. The maximum Gasteiger partial charge on any atom is 0.247 e. The number of fused-ring (bicyclic) bond motifs is 1. The summed E-state index contributed by atoms with van der Waals surface area (Å²) in [5.74, 6) is -0.885. The van der Waals surface area contributed by atoms with Crippen LogP contribution in [0.3, 0.4) is 0 Å². The number of nitriles is 1. The van der Waals surface area contributed by atoms with Gasteiger partial charge in [-0.15, -0.1) is 0 Å². The molecule has 2 aromatic heterocycles. The maximum absolute atomic E-state index is 12.6. The van der Waals surface area contributed by atoms with Gasteiger partial charge in [-0.1, -0.05) is 6.92 Å². The Kier molecular flexibility index (Phi) is 5.13. The number of aryl methyl sites for hydroxylation is 1. The second-order valence-electron chi connectivity index (χ2n) is 7.29. The van der Waals surface area contributed by atoms with Crippen LogP contribution in [0.25, 0.3) is 11.0 Å². The zero-order valence-electron chi connectivity index (χ0n) is 16.1. The Balaban J connectivity index is 1.88. The maximum atomic E-state index is 12.6. The lowest BCUT2D eigenvalue weighted by Crippen LogP contribution is -2.54. The average molecular weight is 368 g/mol. The molecule has 0 aliphatic carbocycles. The lowest BCUT2D eigenvalue weighted by atomic mass is 9.91. The first-order valence-corrected chi connectivity index (χ1v) is 9.05. The average Bonchev–Trinajstić information content (AvgIpc) is 3.03. The van der Waals surface area contributed by atoms with Gasteiger partial charge in [-0.2, -0.15) is 5.26 Å². The summed E-state index contributed by atoms with van der Waals surface area (Å²) >= 11 is 0. The summed E-state index contributed by atoms with van der Waals surface area (Å²) in [6, 6.07) is 1.86. The van der Waals surface area contributed by atoms with Crippen molar-refractivity contribution in [3.05, 3.63) is 18.1 Å². The van der Waals surface area contributed by atoms with Crippen molar-refractivity contribution in [2.24, 2.45) is 11.8 Å². The molecule has 3 rings (SSSR count). The molecule has 142 valence electrons. The van der Waals surface area contributed by atoms with E-state index < -0.39 is 17.6 Å². The van der Waals surface area contributed by atoms with Crippen molar-refractivity contribution in [3.8, 4) is 6.07 Å². The Labute approximate surface area is 158 Å². The van der Waals surface area contributed by atoms with Gasteiger partial charge >= 0.3 is 0 Å². The number of hydrogen-bond donors (Lipinski definition) is 1. The van der Waals surface area contributed by atoms with E-state index in [2.05, 4.69) is 26.8 Å². The predicted molar refractivity (Wildman–Crippen MR) is 101 cm³/mol. The SMILES string of the molecule is CC(=O)C(C#N)C(=O)N1CC[C@@H](C)[C@@H](N(C)c2ncnc3[nH]cc(C)c23)C1. The highest BCUT2D eigenvalue weighted by Crippen LogP contribution is 2.30. The number of hydrogen-bond acceptors (Lipinski definition) is 6. The highest BCUT2D eigenvalue weighted by atomic mass is 16.2. The Morgan fingerprint density at radius 3 is 2.85 bits per heavy atom. The van der Waals surface area contributed by atoms with Crippen LogP contribution >= 0.6 is 0 Å². The van der Waals surface area contributed by atoms with Crippen LogP contribution in [0.4, 0.5) is 5.82 Å². The van der Waals surface area contributed by atoms with E-state index in [4.69, 9.17) is 0 Å². The number of ketones is 1. The minimum absolute atomic E-state index is 0.0291. The van der Waals surface area contributed by atoms with Crippen LogP contribution < -0.4 is 4.90 Å². The molecule has 27 heavy (non-hydrogen) atoms. The Hall–Kier alpha value is -2.95. The quantitative estimate of drug-likeness (QED) is 0.823. The van der Waals surface area contributed by atoms with Gasteiger partial charge in [0, 0.05) is 26.3 Å². The number of carbonyl (C=O) groups is 2. The van der Waals surface area contributed by atoms with E-state index in [1.807, 2.05) is 26.2 Å². The molecule has 1 unspecified atom stereocenters. The zero-order chi connectivity index (χ0) is 19.7. The first-order valence-electron chi connectivity index (χ1n) is 9.05. The number of nitrogens with one attached hydrogen (secondary N) is 1. The molecule has 1 aliphatic heterocycles. The summed E-state index contributed by atoms with van der Waals surface area (Å²) in [6.07, 6.45) is 4.24. The van der Waals surface area contributed by atoms with Crippen molar-refractivity contribution in [2.75, 3.05) is 25.0 Å². The van der Waals surface area contributed by atoms with Crippen LogP contribution in [0.2, 0.25) is 0 Å². The number of nitrogens with zero attached hydrogens (tertiary/aromatic N) is 5. The molecule has 0 saturated carbocycles. The monoisotopic (exact) mass is 368 g/mol. The molecular weight excluding hydrogens is 344 g/mol. The number of Topliss-reactive ketones (excluding diaryl/α,β-unsaturated/α-hetero) is 1. The van der Waals surface area contributed by atoms with Crippen LogP contribution in [-0.4, -0.2) is 57.7 Å². The van der Waals surface area contributed by atoms with Crippen molar-refractivity contribution in [2.45, 2.75) is 33.2 Å². The number of amides is 1. The lowest BCUT2D eigenvalue weighted by Gasteiger charge is -2.42. The number of rotatable bonds is 4. The van der Waals surface area contributed by atoms with Crippen molar-refractivity contribution in [1.82, 2.24) is 19.9 Å². The molecule has 1 aliphatic rings. The Morgan fingerprint density at radius 1 is 1.44 bits per heavy atom. The third-order valence-electron chi connectivity index (χ3n) is 5.49. The highest BCUT2D eigenvalue weighted by molar-refractivity contribution is 6.03. The van der Waals surface area contributed by atoms with Crippen molar-refractivity contribution >= 4 is 28.5 Å². The molecule has 0 aromatic carbocycles. The van der Waals surface area contributed by atoms with E-state index in [9.17, 15) is 14.9 Å². The minimum Gasteiger partial charge on any atom is -0.354 e. The number of carbonyl (C=O) groups excluding carboxylic acids is 2. The first kappa shape index (κ1) is 18.8. The van der Waals surface area contributed by atoms with Gasteiger partial charge in [-0.25, -0.2) is 9.97 Å². The summed E-state index contributed by atoms with van der Waals surface area (Å²) < 4.78 is 0. The molecule has 0 radical (unpaired) electrons. The van der Waals surface area contributed by atoms with Crippen LogP contribution in [0.1, 0.15) is 25.8 Å². The van der Waals surface area contributed by atoms with Crippen LogP contribution in [0.5, 0.6) is 0 Å². The van der Waals surface area contributed by atoms with Crippen LogP contribution in [0.15, 0.2) is 12.5 Å². The second-order valence-corrected chi connectivity index (χ2v) is 7.29. The van der Waals surface area contributed by atoms with Crippen LogP contribution in [-0.2, 0) is 9.59 Å². The summed E-state index contributed by atoms with van der Waals surface area (Å²) in [6.45, 7) is 6.45. The summed E-state index contributed by atoms with van der Waals surface area (Å²) in [7, 11) is 1.97. The molecule has 0 spiro atoms. The Morgan fingerprint density at radius 2 is 2.19 bits per heavy atom. The van der Waals surface area contributed by atoms with E-state index in [1.54, 1.807) is 4.90 Å². The van der Waals surface area contributed by atoms with Gasteiger partial charge in [-0.3, -0.25) is 9.59 Å². The molecule has 3 atom stereocenters. The zero-order valence-corrected chi connectivity index (χ0v) is 16.1. The van der Waals surface area contributed by atoms with Crippen molar-refractivity contribution < 1.29 is 9.59 Å². The van der Waals surface area contributed by atoms with E-state index in [1.165, 1.54) is 13.3 Å². The fourth-order valence-electron chi connectivity index (χ4n) is 3.78. The molecule has 2 aromatic rings. The molecule has 8 nitrogen and oxygen atoms in total. The number of aromatic nitrogens is 3. The molecule has 0 bridgehead atoms. The molecule has 1 saturated heterocycles. The summed E-state index contributed by atoms with van der Waals surface area (Å²) in [5, 5.41) is 10.1. The van der Waals surface area contributed by atoms with Gasteiger partial charge in [0.1, 0.15) is 17.8 Å². The summed E-state index contributed by atoms with van der Waals surface area (Å²) in [4.78, 5) is 39.9. The standard InChI is InChI=1S/C19H24N6O2/c1-11-5-6-25(19(27)14(7-20)13(3)26)9-15(11)24(4)18-16-12(2)8-21-17(16)22-10-23-18/h8,10-11,14-15H,5-6,9H2,1-4H3,(H,21,22,23)/t11-,14?,15+/m1/s1.